The van der Waals surface area contributed by atoms with Crippen LogP contribution in [0.25, 0.3) is 0 Å². The van der Waals surface area contributed by atoms with Crippen LogP contribution < -0.4 is 15.5 Å². The molecular formula is C40H49F3N8O5S. The number of aromatic nitrogens is 1. The van der Waals surface area contributed by atoms with Gasteiger partial charge >= 0.3 is 6.18 Å². The molecule has 57 heavy (non-hydrogen) atoms. The molecule has 6 rings (SSSR count). The molecule has 1 unspecified atom stereocenters. The van der Waals surface area contributed by atoms with Crippen LogP contribution in [0, 0.1) is 11.3 Å². The Morgan fingerprint density at radius 3 is 2.39 bits per heavy atom. The van der Waals surface area contributed by atoms with Gasteiger partial charge in [-0.1, -0.05) is 0 Å². The van der Waals surface area contributed by atoms with E-state index in [1.807, 2.05) is 4.90 Å². The average molecular weight is 811 g/mol. The van der Waals surface area contributed by atoms with E-state index in [4.69, 9.17) is 17.0 Å². The number of alkyl halides is 3. The molecular weight excluding hydrogens is 762 g/mol. The van der Waals surface area contributed by atoms with E-state index in [0.29, 0.717) is 37.3 Å². The van der Waals surface area contributed by atoms with Crippen LogP contribution in [-0.2, 0) is 35.5 Å². The maximum absolute atomic E-state index is 13.7. The van der Waals surface area contributed by atoms with Crippen molar-refractivity contribution in [2.24, 2.45) is 0 Å². The van der Waals surface area contributed by atoms with Crippen LogP contribution in [0.5, 0.6) is 0 Å². The molecule has 4 heterocycles. The molecule has 1 aliphatic carbocycles. The van der Waals surface area contributed by atoms with Gasteiger partial charge in [0, 0.05) is 50.4 Å². The first-order valence-corrected chi connectivity index (χ1v) is 19.7. The zero-order valence-corrected chi connectivity index (χ0v) is 33.6. The average Bonchev–Trinajstić information content (AvgIpc) is 3.33. The fourth-order valence-corrected chi connectivity index (χ4v) is 9.27. The van der Waals surface area contributed by atoms with Gasteiger partial charge in [-0.15, -0.1) is 0 Å². The highest BCUT2D eigenvalue weighted by atomic mass is 32.1. The minimum absolute atomic E-state index is 0.0159. The van der Waals surface area contributed by atoms with E-state index in [1.54, 1.807) is 45.2 Å². The third kappa shape index (κ3) is 8.69. The molecule has 2 N–H and O–H groups in total. The number of amides is 4. The lowest BCUT2D eigenvalue weighted by Gasteiger charge is -2.44. The fraction of sp³-hybridized carbons (Fsp3) is 0.575. The first-order chi connectivity index (χ1) is 26.8. The van der Waals surface area contributed by atoms with Crippen LogP contribution in [0.2, 0.25) is 0 Å². The third-order valence-corrected chi connectivity index (χ3v) is 12.3. The van der Waals surface area contributed by atoms with Crippen LogP contribution in [0.4, 0.5) is 24.7 Å². The molecule has 17 heteroatoms. The molecule has 1 aromatic heterocycles. The van der Waals surface area contributed by atoms with Crippen LogP contribution >= 0.6 is 12.2 Å². The van der Waals surface area contributed by atoms with E-state index >= 15 is 0 Å². The lowest BCUT2D eigenvalue weighted by atomic mass is 9.76. The van der Waals surface area contributed by atoms with Gasteiger partial charge in [-0.3, -0.25) is 39.2 Å². The highest BCUT2D eigenvalue weighted by Crippen LogP contribution is 2.41. The molecule has 1 aromatic carbocycles. The van der Waals surface area contributed by atoms with Crippen molar-refractivity contribution in [1.29, 1.82) is 5.26 Å². The number of nitrogens with zero attached hydrogens (tertiary/aromatic N) is 6. The number of pyridine rings is 1. The van der Waals surface area contributed by atoms with Crippen molar-refractivity contribution in [3.05, 3.63) is 53.2 Å². The topological polar surface area (TPSA) is 151 Å². The highest BCUT2D eigenvalue weighted by Gasteiger charge is 2.53. The smallest absolute Gasteiger partial charge is 0.377 e. The minimum atomic E-state index is -4.77. The molecule has 4 amide bonds. The lowest BCUT2D eigenvalue weighted by Crippen LogP contribution is -2.58. The normalized spacial score (nSPS) is 27.4. The Hall–Kier alpha value is -4.50. The number of imide groups is 1. The van der Waals surface area contributed by atoms with E-state index in [2.05, 4.69) is 39.3 Å². The highest BCUT2D eigenvalue weighted by molar-refractivity contribution is 7.80. The van der Waals surface area contributed by atoms with Gasteiger partial charge in [0.2, 0.25) is 17.7 Å². The molecule has 0 bridgehead atoms. The number of rotatable bonds is 10. The number of halogens is 3. The monoisotopic (exact) mass is 810 g/mol. The van der Waals surface area contributed by atoms with Crippen LogP contribution in [0.15, 0.2) is 36.5 Å². The van der Waals surface area contributed by atoms with E-state index in [-0.39, 0.29) is 65.7 Å². The number of piperazine rings is 1. The second-order valence-electron chi connectivity index (χ2n) is 16.3. The number of carbonyl (C=O) groups excluding carboxylic acids is 4. The van der Waals surface area contributed by atoms with E-state index in [0.717, 1.165) is 49.5 Å². The summed E-state index contributed by atoms with van der Waals surface area (Å²) in [6, 6.07) is 8.30. The van der Waals surface area contributed by atoms with E-state index in [1.165, 1.54) is 6.07 Å². The Morgan fingerprint density at radius 1 is 1.07 bits per heavy atom. The van der Waals surface area contributed by atoms with Crippen molar-refractivity contribution in [2.45, 2.75) is 115 Å². The van der Waals surface area contributed by atoms with Crippen molar-refractivity contribution >= 4 is 52.5 Å². The SMILES string of the molecule is C[C@@H]1CN(CCO[C@H]2CC[C@H](N3C(=S)N(c4ccc(C#N)c(C(F)(F)F)c4)C(=O)C3(C)C)CC2)C[C@H](C)N1CC(=O)Nc1cc(C2(C)CCC(=O)NC2=O)ccn1. The number of anilines is 2. The Morgan fingerprint density at radius 2 is 1.75 bits per heavy atom. The van der Waals surface area contributed by atoms with Crippen LogP contribution in [-0.4, -0.2) is 111 Å². The summed E-state index contributed by atoms with van der Waals surface area (Å²) in [5, 5.41) is 14.7. The number of hydrogen-bond acceptors (Lipinski definition) is 10. The predicted octanol–water partition coefficient (Wildman–Crippen LogP) is 4.74. The summed E-state index contributed by atoms with van der Waals surface area (Å²) in [7, 11) is 0. The maximum atomic E-state index is 13.7. The number of nitrogens with one attached hydrogen (secondary N) is 2. The van der Waals surface area contributed by atoms with Gasteiger partial charge in [-0.25, -0.2) is 4.98 Å². The van der Waals surface area contributed by atoms with Gasteiger partial charge in [0.05, 0.1) is 47.6 Å². The summed E-state index contributed by atoms with van der Waals surface area (Å²) >= 11 is 5.74. The minimum Gasteiger partial charge on any atom is -0.377 e. The third-order valence-electron chi connectivity index (χ3n) is 12.0. The predicted molar refractivity (Wildman–Crippen MR) is 209 cm³/mol. The van der Waals surface area contributed by atoms with Crippen molar-refractivity contribution in [3.8, 4) is 6.07 Å². The number of carbonyl (C=O) groups is 4. The number of piperidine rings is 1. The molecule has 2 aromatic rings. The molecule has 4 fully saturated rings. The number of hydrogen-bond donors (Lipinski definition) is 2. The Bertz CT molecular complexity index is 1950. The van der Waals surface area contributed by atoms with Gasteiger partial charge in [0.1, 0.15) is 11.4 Å². The van der Waals surface area contributed by atoms with Crippen molar-refractivity contribution in [3.63, 3.8) is 0 Å². The zero-order valence-electron chi connectivity index (χ0n) is 32.8. The number of ether oxygens (including phenoxy) is 1. The maximum Gasteiger partial charge on any atom is 0.417 e. The van der Waals surface area contributed by atoms with Crippen molar-refractivity contribution in [2.75, 3.05) is 43.0 Å². The van der Waals surface area contributed by atoms with Crippen molar-refractivity contribution in [1.82, 2.24) is 25.0 Å². The summed E-state index contributed by atoms with van der Waals surface area (Å²) in [4.78, 5) is 62.9. The zero-order chi connectivity index (χ0) is 41.4. The fourth-order valence-electron chi connectivity index (χ4n) is 8.70. The number of benzene rings is 1. The lowest BCUT2D eigenvalue weighted by molar-refractivity contribution is -0.138. The second kappa shape index (κ2) is 16.4. The molecule has 4 aliphatic rings. The summed E-state index contributed by atoms with van der Waals surface area (Å²) in [6.45, 7) is 12.4. The molecule has 0 radical (unpaired) electrons. The van der Waals surface area contributed by atoms with Gasteiger partial charge in [0.15, 0.2) is 5.11 Å². The van der Waals surface area contributed by atoms with Crippen LogP contribution in [0.3, 0.4) is 0 Å². The summed E-state index contributed by atoms with van der Waals surface area (Å²) in [5.74, 6) is -0.935. The van der Waals surface area contributed by atoms with Gasteiger partial charge in [-0.2, -0.15) is 18.4 Å². The van der Waals surface area contributed by atoms with Crippen LogP contribution in [0.1, 0.15) is 89.8 Å². The van der Waals surface area contributed by atoms with E-state index < -0.39 is 34.2 Å². The molecule has 13 nitrogen and oxygen atoms in total. The first kappa shape index (κ1) is 42.1. The van der Waals surface area contributed by atoms with Gasteiger partial charge in [0.25, 0.3) is 5.91 Å². The quantitative estimate of drug-likeness (QED) is 0.253. The van der Waals surface area contributed by atoms with E-state index in [9.17, 15) is 37.6 Å². The Kier molecular flexibility index (Phi) is 12.1. The number of nitriles is 1. The molecule has 0 spiro atoms. The Balaban J connectivity index is 0.960. The Labute approximate surface area is 335 Å². The molecule has 3 aliphatic heterocycles. The standard InChI is InChI=1S/C40H49F3N8O5S/c1-24-21-48(22-25(2)49(24)23-34(53)46-32-18-27(13-15-45-32)39(5)14-12-33(52)47-35(39)54)16-17-56-30-10-8-28(9-11-30)51-37(57)50(36(55)38(51,3)4)29-7-6-26(20-44)31(19-29)40(41,42)43/h6-7,13,15,18-19,24-25,28,30H,8-12,14,16-17,21-23H2,1-5H3,(H,45,46,53)(H,47,52,54)/t24-,25+,28-,30-,39?. The second-order valence-corrected chi connectivity index (χ2v) is 16.7. The summed E-state index contributed by atoms with van der Waals surface area (Å²) in [6.07, 6.45) is 0.289. The molecule has 3 atom stereocenters. The van der Waals surface area contributed by atoms with Crippen molar-refractivity contribution < 1.29 is 37.1 Å². The summed E-state index contributed by atoms with van der Waals surface area (Å²) in [5.41, 5.74) is -2.93. The summed E-state index contributed by atoms with van der Waals surface area (Å²) < 4.78 is 47.5. The molecule has 1 saturated carbocycles. The molecule has 306 valence electrons. The van der Waals surface area contributed by atoms with Gasteiger partial charge < -0.3 is 15.0 Å². The largest absolute Gasteiger partial charge is 0.417 e. The number of thiocarbonyl (C=S) groups is 1. The molecule has 3 saturated heterocycles. The first-order valence-electron chi connectivity index (χ1n) is 19.3. The van der Waals surface area contributed by atoms with Gasteiger partial charge in [-0.05, 0) is 115 Å².